The normalized spacial score (nSPS) is 19.8. The van der Waals surface area contributed by atoms with Crippen molar-refractivity contribution >= 4 is 0 Å². The molecule has 4 heteroatoms. The summed E-state index contributed by atoms with van der Waals surface area (Å²) >= 11 is 0. The van der Waals surface area contributed by atoms with Crippen LogP contribution in [0.15, 0.2) is 18.2 Å². The Morgan fingerprint density at radius 1 is 1.56 bits per heavy atom. The topological polar surface area (TPSA) is 50.7 Å². The molecule has 1 aromatic carbocycles. The summed E-state index contributed by atoms with van der Waals surface area (Å²) in [7, 11) is 1.66. The number of ether oxygens (including phenoxy) is 2. The summed E-state index contributed by atoms with van der Waals surface area (Å²) in [5.41, 5.74) is 1.12. The summed E-state index contributed by atoms with van der Waals surface area (Å²) in [5.74, 6) is 1.75. The van der Waals surface area contributed by atoms with E-state index < -0.39 is 0 Å². The fourth-order valence-corrected chi connectivity index (χ4v) is 2.26. The Balaban J connectivity index is 2.20. The van der Waals surface area contributed by atoms with Crippen LogP contribution < -0.4 is 14.8 Å². The highest BCUT2D eigenvalue weighted by Gasteiger charge is 2.23. The lowest BCUT2D eigenvalue weighted by Gasteiger charge is -2.30. The van der Waals surface area contributed by atoms with E-state index in [1.807, 2.05) is 18.2 Å². The van der Waals surface area contributed by atoms with E-state index in [2.05, 4.69) is 12.2 Å². The number of hydrogen-bond donors (Lipinski definition) is 2. The van der Waals surface area contributed by atoms with Gasteiger partial charge in [-0.2, -0.15) is 0 Å². The third-order valence-electron chi connectivity index (χ3n) is 3.41. The van der Waals surface area contributed by atoms with Crippen LogP contribution in [0.2, 0.25) is 0 Å². The van der Waals surface area contributed by atoms with Gasteiger partial charge < -0.3 is 19.9 Å². The first-order valence-corrected chi connectivity index (χ1v) is 6.46. The number of benzene rings is 1. The minimum Gasteiger partial charge on any atom is -0.497 e. The second-order valence-corrected chi connectivity index (χ2v) is 4.55. The van der Waals surface area contributed by atoms with Crippen molar-refractivity contribution in [3.63, 3.8) is 0 Å². The first kappa shape index (κ1) is 13.2. The molecular formula is C14H21NO3. The first-order chi connectivity index (χ1) is 8.78. The van der Waals surface area contributed by atoms with Gasteiger partial charge in [-0.25, -0.2) is 0 Å². The lowest BCUT2D eigenvalue weighted by Crippen LogP contribution is -2.37. The highest BCUT2D eigenvalue weighted by molar-refractivity contribution is 5.43. The van der Waals surface area contributed by atoms with Crippen LogP contribution in [-0.2, 0) is 0 Å². The van der Waals surface area contributed by atoms with Crippen LogP contribution in [0.1, 0.15) is 31.4 Å². The molecule has 1 aliphatic rings. The van der Waals surface area contributed by atoms with Gasteiger partial charge in [0.25, 0.3) is 0 Å². The van der Waals surface area contributed by atoms with Gasteiger partial charge in [0.1, 0.15) is 11.5 Å². The highest BCUT2D eigenvalue weighted by Crippen LogP contribution is 2.35. The third-order valence-corrected chi connectivity index (χ3v) is 3.41. The van der Waals surface area contributed by atoms with Gasteiger partial charge in [0.05, 0.1) is 20.3 Å². The molecule has 0 radical (unpaired) electrons. The van der Waals surface area contributed by atoms with E-state index in [4.69, 9.17) is 9.47 Å². The lowest BCUT2D eigenvalue weighted by atomic mass is 9.99. The monoisotopic (exact) mass is 251 g/mol. The minimum absolute atomic E-state index is 0.132. The van der Waals surface area contributed by atoms with E-state index >= 15 is 0 Å². The van der Waals surface area contributed by atoms with Gasteiger partial charge in [-0.05, 0) is 24.6 Å². The van der Waals surface area contributed by atoms with Crippen LogP contribution >= 0.6 is 0 Å². The van der Waals surface area contributed by atoms with E-state index in [1.165, 1.54) is 0 Å². The van der Waals surface area contributed by atoms with Crippen molar-refractivity contribution in [2.75, 3.05) is 20.3 Å². The van der Waals surface area contributed by atoms with Crippen molar-refractivity contribution in [1.82, 2.24) is 5.32 Å². The molecule has 0 aromatic heterocycles. The van der Waals surface area contributed by atoms with E-state index in [9.17, 15) is 5.11 Å². The molecule has 1 unspecified atom stereocenters. The van der Waals surface area contributed by atoms with Crippen LogP contribution in [0, 0.1) is 0 Å². The zero-order chi connectivity index (χ0) is 13.0. The molecular weight excluding hydrogens is 230 g/mol. The molecule has 0 amide bonds. The highest BCUT2D eigenvalue weighted by atomic mass is 16.5. The summed E-state index contributed by atoms with van der Waals surface area (Å²) in [6.45, 7) is 2.94. The molecule has 0 aliphatic carbocycles. The van der Waals surface area contributed by atoms with Crippen molar-refractivity contribution in [2.24, 2.45) is 0 Å². The van der Waals surface area contributed by atoms with Crippen LogP contribution in [0.25, 0.3) is 0 Å². The molecule has 4 nitrogen and oxygen atoms in total. The van der Waals surface area contributed by atoms with Gasteiger partial charge in [0.2, 0.25) is 0 Å². The predicted octanol–water partition coefficient (Wildman–Crippen LogP) is 1.88. The standard InChI is InChI=1S/C14H21NO3/c1-3-10(9-16)15-13-6-7-18-14-5-4-11(17-2)8-12(13)14/h4-5,8,10,13,15-16H,3,6-7,9H2,1-2H3/t10-,13?/m1/s1. The number of aliphatic hydroxyl groups is 1. The third kappa shape index (κ3) is 2.76. The maximum Gasteiger partial charge on any atom is 0.124 e. The Hall–Kier alpha value is -1.26. The van der Waals surface area contributed by atoms with Crippen LogP contribution in [0.4, 0.5) is 0 Å². The Labute approximate surface area is 108 Å². The van der Waals surface area contributed by atoms with Gasteiger partial charge in [-0.15, -0.1) is 0 Å². The molecule has 2 atom stereocenters. The summed E-state index contributed by atoms with van der Waals surface area (Å²) < 4.78 is 10.9. The molecule has 0 spiro atoms. The Bertz CT molecular complexity index is 391. The molecule has 0 bridgehead atoms. The first-order valence-electron chi connectivity index (χ1n) is 6.46. The second kappa shape index (κ2) is 6.07. The zero-order valence-electron chi connectivity index (χ0n) is 11.0. The predicted molar refractivity (Wildman–Crippen MR) is 70.1 cm³/mol. The molecule has 2 N–H and O–H groups in total. The van der Waals surface area contributed by atoms with Gasteiger partial charge in [-0.1, -0.05) is 6.92 Å². The Morgan fingerprint density at radius 3 is 3.06 bits per heavy atom. The van der Waals surface area contributed by atoms with Crippen molar-refractivity contribution in [1.29, 1.82) is 0 Å². The fraction of sp³-hybridized carbons (Fsp3) is 0.571. The lowest BCUT2D eigenvalue weighted by molar-refractivity contribution is 0.200. The van der Waals surface area contributed by atoms with Gasteiger partial charge in [0.15, 0.2) is 0 Å². The average Bonchev–Trinajstić information content (AvgIpc) is 2.44. The number of fused-ring (bicyclic) bond motifs is 1. The molecule has 1 aromatic rings. The fourth-order valence-electron chi connectivity index (χ4n) is 2.26. The van der Waals surface area contributed by atoms with E-state index in [0.717, 1.165) is 29.9 Å². The molecule has 0 saturated heterocycles. The van der Waals surface area contributed by atoms with Gasteiger partial charge >= 0.3 is 0 Å². The number of hydrogen-bond acceptors (Lipinski definition) is 4. The molecule has 2 rings (SSSR count). The van der Waals surface area contributed by atoms with Crippen LogP contribution in [0.5, 0.6) is 11.5 Å². The van der Waals surface area contributed by atoms with E-state index in [-0.39, 0.29) is 18.7 Å². The SMILES string of the molecule is CC[C@H](CO)NC1CCOc2ccc(OC)cc21. The summed E-state index contributed by atoms with van der Waals surface area (Å²) in [5, 5.41) is 12.8. The summed E-state index contributed by atoms with van der Waals surface area (Å²) in [4.78, 5) is 0. The molecule has 100 valence electrons. The summed E-state index contributed by atoms with van der Waals surface area (Å²) in [6.07, 6.45) is 1.82. The van der Waals surface area contributed by atoms with E-state index in [0.29, 0.717) is 6.61 Å². The number of aliphatic hydroxyl groups excluding tert-OH is 1. The van der Waals surface area contributed by atoms with E-state index in [1.54, 1.807) is 7.11 Å². The van der Waals surface area contributed by atoms with Crippen molar-refractivity contribution in [2.45, 2.75) is 31.8 Å². The maximum atomic E-state index is 9.29. The summed E-state index contributed by atoms with van der Waals surface area (Å²) in [6, 6.07) is 6.22. The molecule has 0 fully saturated rings. The zero-order valence-corrected chi connectivity index (χ0v) is 11.0. The van der Waals surface area contributed by atoms with Crippen molar-refractivity contribution in [3.8, 4) is 11.5 Å². The molecule has 18 heavy (non-hydrogen) atoms. The molecule has 1 heterocycles. The van der Waals surface area contributed by atoms with Crippen molar-refractivity contribution < 1.29 is 14.6 Å². The molecule has 1 aliphatic heterocycles. The average molecular weight is 251 g/mol. The van der Waals surface area contributed by atoms with Crippen molar-refractivity contribution in [3.05, 3.63) is 23.8 Å². The molecule has 0 saturated carbocycles. The Morgan fingerprint density at radius 2 is 2.39 bits per heavy atom. The smallest absolute Gasteiger partial charge is 0.124 e. The quantitative estimate of drug-likeness (QED) is 0.839. The van der Waals surface area contributed by atoms with Crippen LogP contribution in [-0.4, -0.2) is 31.5 Å². The Kier molecular flexibility index (Phi) is 4.44. The largest absolute Gasteiger partial charge is 0.497 e. The number of rotatable bonds is 5. The number of nitrogens with one attached hydrogen (secondary N) is 1. The maximum absolute atomic E-state index is 9.29. The van der Waals surface area contributed by atoms with Gasteiger partial charge in [-0.3, -0.25) is 0 Å². The minimum atomic E-state index is 0.132. The van der Waals surface area contributed by atoms with Crippen LogP contribution in [0.3, 0.4) is 0 Å². The second-order valence-electron chi connectivity index (χ2n) is 4.55. The number of methoxy groups -OCH3 is 1. The van der Waals surface area contributed by atoms with Gasteiger partial charge in [0, 0.05) is 24.1 Å².